The third kappa shape index (κ3) is 4.26. The van der Waals surface area contributed by atoms with Crippen LogP contribution in [0.1, 0.15) is 5.56 Å². The van der Waals surface area contributed by atoms with Crippen molar-refractivity contribution >= 4 is 32.3 Å². The van der Waals surface area contributed by atoms with E-state index in [-0.39, 0.29) is 45.9 Å². The van der Waals surface area contributed by atoms with Crippen LogP contribution in [0.2, 0.25) is 0 Å². The zero-order valence-corrected chi connectivity index (χ0v) is 16.5. The van der Waals surface area contributed by atoms with Gasteiger partial charge < -0.3 is 5.11 Å². The number of aromatic hydroxyl groups is 1. The fraction of sp³-hybridized carbons (Fsp3) is 0.0588. The van der Waals surface area contributed by atoms with Crippen LogP contribution in [0.15, 0.2) is 69.7 Å². The molecule has 0 radical (unpaired) electrons. The van der Waals surface area contributed by atoms with Crippen molar-refractivity contribution in [2.24, 2.45) is 10.2 Å². The van der Waals surface area contributed by atoms with Crippen molar-refractivity contribution in [2.75, 3.05) is 0 Å². The van der Waals surface area contributed by atoms with Gasteiger partial charge in [0.1, 0.15) is 11.4 Å². The second-order valence-corrected chi connectivity index (χ2v) is 6.70. The minimum Gasteiger partial charge on any atom is -0.506 e. The fourth-order valence-electron chi connectivity index (χ4n) is 2.33. The molecule has 0 bridgehead atoms. The minimum absolute atomic E-state index is 0. The Morgan fingerprint density at radius 1 is 0.960 bits per heavy atom. The molecule has 25 heavy (non-hydrogen) atoms. The third-order valence-electron chi connectivity index (χ3n) is 3.61. The van der Waals surface area contributed by atoms with Gasteiger partial charge in [0.2, 0.25) is 0 Å². The largest absolute Gasteiger partial charge is 1.00 e. The summed E-state index contributed by atoms with van der Waals surface area (Å²) in [5.74, 6) is -0.0700. The molecule has 0 aliphatic heterocycles. The van der Waals surface area contributed by atoms with Crippen LogP contribution in [0.5, 0.6) is 5.75 Å². The van der Waals surface area contributed by atoms with Gasteiger partial charge in [-0.05, 0) is 42.1 Å². The summed E-state index contributed by atoms with van der Waals surface area (Å²) in [6.07, 6.45) is 0. The molecule has 2 N–H and O–H groups in total. The Hall–Kier alpha value is -1.77. The van der Waals surface area contributed by atoms with Crippen LogP contribution in [0.25, 0.3) is 10.8 Å². The molecule has 0 saturated heterocycles. The van der Waals surface area contributed by atoms with Crippen LogP contribution in [0, 0.1) is 6.92 Å². The summed E-state index contributed by atoms with van der Waals surface area (Å²) in [7, 11) is -4.29. The molecule has 0 saturated carbocycles. The molecule has 3 rings (SSSR count). The van der Waals surface area contributed by atoms with Crippen molar-refractivity contribution in [1.29, 1.82) is 0 Å². The molecule has 0 aliphatic rings. The first-order chi connectivity index (χ1) is 11.4. The Morgan fingerprint density at radius 2 is 1.68 bits per heavy atom. The van der Waals surface area contributed by atoms with Crippen LogP contribution < -0.4 is 29.6 Å². The van der Waals surface area contributed by atoms with Crippen LogP contribution in [-0.4, -0.2) is 18.1 Å². The minimum atomic E-state index is -4.29. The molecule has 6 nitrogen and oxygen atoms in total. The van der Waals surface area contributed by atoms with E-state index in [4.69, 9.17) is 4.55 Å². The van der Waals surface area contributed by atoms with Gasteiger partial charge in [-0.1, -0.05) is 30.3 Å². The maximum atomic E-state index is 11.2. The first-order valence-corrected chi connectivity index (χ1v) is 8.51. The smallest absolute Gasteiger partial charge is 0.506 e. The van der Waals surface area contributed by atoms with Crippen molar-refractivity contribution in [2.45, 2.75) is 11.8 Å². The fourth-order valence-corrected chi connectivity index (χ4v) is 2.84. The topological polar surface area (TPSA) is 99.3 Å². The molecule has 0 aliphatic carbocycles. The summed E-state index contributed by atoms with van der Waals surface area (Å²) >= 11 is 0. The number of nitrogens with zero attached hydrogens (tertiary/aromatic N) is 2. The number of azo groups is 1. The van der Waals surface area contributed by atoms with Crippen molar-refractivity contribution in [3.8, 4) is 5.75 Å². The molecular formula is C17H14N2NaO4S+. The Morgan fingerprint density at radius 3 is 2.36 bits per heavy atom. The van der Waals surface area contributed by atoms with Gasteiger partial charge in [-0.15, -0.1) is 5.11 Å². The average Bonchev–Trinajstić information content (AvgIpc) is 2.54. The Labute approximate surface area is 167 Å². The summed E-state index contributed by atoms with van der Waals surface area (Å²) in [5.41, 5.74) is 1.84. The van der Waals surface area contributed by atoms with Crippen molar-refractivity contribution < 1.29 is 47.6 Å². The number of benzene rings is 3. The Kier molecular flexibility index (Phi) is 5.97. The second kappa shape index (κ2) is 7.63. The predicted molar refractivity (Wildman–Crippen MR) is 90.8 cm³/mol. The number of aryl methyl sites for hydroxylation is 1. The molecule has 0 aromatic heterocycles. The van der Waals surface area contributed by atoms with E-state index in [2.05, 4.69) is 10.2 Å². The maximum absolute atomic E-state index is 11.2. The summed E-state index contributed by atoms with van der Waals surface area (Å²) in [6.45, 7) is 1.90. The number of hydrogen-bond donors (Lipinski definition) is 2. The van der Waals surface area contributed by atoms with E-state index in [1.54, 1.807) is 12.1 Å². The van der Waals surface area contributed by atoms with Crippen LogP contribution in [0.4, 0.5) is 11.4 Å². The van der Waals surface area contributed by atoms with Gasteiger partial charge in [-0.25, -0.2) is 0 Å². The summed E-state index contributed by atoms with van der Waals surface area (Å²) in [5, 5.41) is 19.4. The normalized spacial score (nSPS) is 11.6. The quantitative estimate of drug-likeness (QED) is 0.418. The molecule has 0 heterocycles. The number of phenols is 1. The Balaban J connectivity index is 0.00000225. The van der Waals surface area contributed by atoms with E-state index in [0.29, 0.717) is 16.5 Å². The van der Waals surface area contributed by atoms with Gasteiger partial charge >= 0.3 is 29.6 Å². The van der Waals surface area contributed by atoms with Gasteiger partial charge in [-0.3, -0.25) is 4.55 Å². The second-order valence-electron chi connectivity index (χ2n) is 5.28. The first-order valence-electron chi connectivity index (χ1n) is 7.07. The first kappa shape index (κ1) is 19.6. The van der Waals surface area contributed by atoms with Gasteiger partial charge in [0, 0.05) is 5.39 Å². The zero-order valence-electron chi connectivity index (χ0n) is 13.7. The van der Waals surface area contributed by atoms with E-state index in [9.17, 15) is 13.5 Å². The summed E-state index contributed by atoms with van der Waals surface area (Å²) < 4.78 is 31.6. The summed E-state index contributed by atoms with van der Waals surface area (Å²) in [4.78, 5) is -0.220. The van der Waals surface area contributed by atoms with Gasteiger partial charge in [0.25, 0.3) is 10.1 Å². The van der Waals surface area contributed by atoms with E-state index in [1.807, 2.05) is 25.1 Å². The predicted octanol–water partition coefficient (Wildman–Crippen LogP) is 1.52. The molecule has 0 amide bonds. The molecule has 0 fully saturated rings. The number of fused-ring (bicyclic) bond motifs is 1. The monoisotopic (exact) mass is 365 g/mol. The molecule has 0 atom stereocenters. The van der Waals surface area contributed by atoms with Crippen LogP contribution >= 0.6 is 0 Å². The molecule has 3 aromatic rings. The molecule has 122 valence electrons. The van der Waals surface area contributed by atoms with Crippen LogP contribution in [0.3, 0.4) is 0 Å². The van der Waals surface area contributed by atoms with E-state index >= 15 is 0 Å². The van der Waals surface area contributed by atoms with Crippen LogP contribution in [-0.2, 0) is 10.1 Å². The molecule has 3 aromatic carbocycles. The van der Waals surface area contributed by atoms with E-state index in [1.165, 1.54) is 24.3 Å². The van der Waals surface area contributed by atoms with Crippen molar-refractivity contribution in [1.82, 2.24) is 0 Å². The van der Waals surface area contributed by atoms with Gasteiger partial charge in [0.05, 0.1) is 10.6 Å². The average molecular weight is 365 g/mol. The number of phenolic OH excluding ortho intramolecular Hbond substituents is 1. The summed E-state index contributed by atoms with van der Waals surface area (Å²) in [6, 6.07) is 14.4. The molecule has 0 unspecified atom stereocenters. The maximum Gasteiger partial charge on any atom is 1.00 e. The van der Waals surface area contributed by atoms with Gasteiger partial charge in [0.15, 0.2) is 0 Å². The SMILES string of the molecule is Cc1ccccc1N=Nc1c(O)ccc2cc(S(=O)(=O)O)ccc12.[Na+]. The molecule has 0 spiro atoms. The third-order valence-corrected chi connectivity index (χ3v) is 4.46. The number of hydrogen-bond acceptors (Lipinski definition) is 5. The number of rotatable bonds is 3. The van der Waals surface area contributed by atoms with Crippen molar-refractivity contribution in [3.05, 3.63) is 60.2 Å². The molecular weight excluding hydrogens is 351 g/mol. The standard InChI is InChI=1S/C17H14N2O4S.Na/c1-11-4-2-3-5-15(11)18-19-17-14-8-7-13(24(21,22)23)10-12(14)6-9-16(17)20;/h2-10,20H,1H3,(H,21,22,23);/q;+1. The van der Waals surface area contributed by atoms with E-state index in [0.717, 1.165) is 5.56 Å². The molecule has 8 heteroatoms. The van der Waals surface area contributed by atoms with Crippen molar-refractivity contribution in [3.63, 3.8) is 0 Å². The van der Waals surface area contributed by atoms with Gasteiger partial charge in [-0.2, -0.15) is 13.5 Å². The Bertz CT molecular complexity index is 1070. The van der Waals surface area contributed by atoms with E-state index < -0.39 is 10.1 Å². The zero-order chi connectivity index (χ0) is 17.3.